The molecule has 0 atom stereocenters. The van der Waals surface area contributed by atoms with Crippen molar-refractivity contribution in [3.63, 3.8) is 0 Å². The van der Waals surface area contributed by atoms with E-state index in [0.29, 0.717) is 27.7 Å². The molecule has 0 aliphatic heterocycles. The summed E-state index contributed by atoms with van der Waals surface area (Å²) >= 11 is 6.35. The molecule has 146 valence electrons. The quantitative estimate of drug-likeness (QED) is 0.680. The van der Waals surface area contributed by atoms with Gasteiger partial charge in [0.2, 0.25) is 0 Å². The minimum Gasteiger partial charge on any atom is -0.485 e. The van der Waals surface area contributed by atoms with E-state index in [0.717, 1.165) is 16.7 Å². The van der Waals surface area contributed by atoms with Crippen LogP contribution in [0, 0.1) is 20.8 Å². The summed E-state index contributed by atoms with van der Waals surface area (Å²) in [5.74, 6) is -0.0201. The number of carbonyl (C=O) groups is 1. The average molecular weight is 402 g/mol. The predicted octanol–water partition coefficient (Wildman–Crippen LogP) is 3.63. The summed E-state index contributed by atoms with van der Waals surface area (Å²) in [6.07, 6.45) is 0. The molecule has 0 amide bonds. The van der Waals surface area contributed by atoms with Crippen LogP contribution in [0.15, 0.2) is 29.1 Å². The Morgan fingerprint density at radius 3 is 2.57 bits per heavy atom. The fourth-order valence-electron chi connectivity index (χ4n) is 3.11. The minimum absolute atomic E-state index is 0.0695. The number of aromatic carboxylic acids is 1. The number of aryl methyl sites for hydroxylation is 2. The van der Waals surface area contributed by atoms with E-state index in [2.05, 4.69) is 10.2 Å². The highest BCUT2D eigenvalue weighted by Gasteiger charge is 2.19. The third-order valence-corrected chi connectivity index (χ3v) is 5.17. The van der Waals surface area contributed by atoms with Gasteiger partial charge in [-0.15, -0.1) is 0 Å². The molecule has 0 aliphatic rings. The number of rotatable bonds is 5. The first kappa shape index (κ1) is 19.7. The molecule has 2 N–H and O–H groups in total. The number of hydrogen-bond donors (Lipinski definition) is 2. The molecule has 2 aromatic carbocycles. The number of aromatic amines is 1. The zero-order chi connectivity index (χ0) is 20.6. The van der Waals surface area contributed by atoms with Gasteiger partial charge in [-0.3, -0.25) is 4.57 Å². The van der Waals surface area contributed by atoms with E-state index in [1.807, 2.05) is 13.8 Å². The van der Waals surface area contributed by atoms with Crippen molar-refractivity contribution in [1.82, 2.24) is 14.8 Å². The standard InChI is InChI=1S/C20H20ClN3O4/c1-10-5-6-13(19(25)26)12(3)18(10)14-8-15(21)11(2)7-16(14)28-9-17-22-23-20(27)24(17)4/h5-8H,9H2,1-4H3,(H,23,27)(H,25,26). The third kappa shape index (κ3) is 3.53. The lowest BCUT2D eigenvalue weighted by molar-refractivity contribution is 0.0696. The second kappa shape index (κ2) is 7.52. The van der Waals surface area contributed by atoms with Gasteiger partial charge in [-0.05, 0) is 61.2 Å². The maximum absolute atomic E-state index is 11.6. The van der Waals surface area contributed by atoms with Crippen LogP contribution < -0.4 is 10.4 Å². The largest absolute Gasteiger partial charge is 0.485 e. The van der Waals surface area contributed by atoms with Crippen molar-refractivity contribution in [2.75, 3.05) is 0 Å². The smallest absolute Gasteiger partial charge is 0.343 e. The van der Waals surface area contributed by atoms with Crippen LogP contribution >= 0.6 is 11.6 Å². The van der Waals surface area contributed by atoms with Gasteiger partial charge in [-0.25, -0.2) is 14.7 Å². The SMILES string of the molecule is Cc1cc(OCc2n[nH]c(=O)n2C)c(-c2c(C)ccc(C(=O)O)c2C)cc1Cl. The summed E-state index contributed by atoms with van der Waals surface area (Å²) in [5, 5.41) is 16.3. The summed E-state index contributed by atoms with van der Waals surface area (Å²) in [4.78, 5) is 23.1. The molecule has 0 aliphatic carbocycles. The molecule has 3 rings (SSSR count). The van der Waals surface area contributed by atoms with Crippen molar-refractivity contribution in [1.29, 1.82) is 0 Å². The van der Waals surface area contributed by atoms with Gasteiger partial charge in [-0.1, -0.05) is 17.7 Å². The number of nitrogens with one attached hydrogen (secondary N) is 1. The Kier molecular flexibility index (Phi) is 5.29. The first-order valence-corrected chi connectivity index (χ1v) is 8.95. The van der Waals surface area contributed by atoms with Crippen LogP contribution in [0.1, 0.15) is 32.9 Å². The molecule has 0 fully saturated rings. The van der Waals surface area contributed by atoms with E-state index in [1.165, 1.54) is 4.57 Å². The van der Waals surface area contributed by atoms with Crippen molar-refractivity contribution < 1.29 is 14.6 Å². The lowest BCUT2D eigenvalue weighted by Gasteiger charge is -2.18. The van der Waals surface area contributed by atoms with Gasteiger partial charge in [0.15, 0.2) is 5.82 Å². The minimum atomic E-state index is -0.994. The molecule has 0 radical (unpaired) electrons. The van der Waals surface area contributed by atoms with E-state index >= 15 is 0 Å². The Hall–Kier alpha value is -3.06. The van der Waals surface area contributed by atoms with Crippen LogP contribution in [0.5, 0.6) is 5.75 Å². The summed E-state index contributed by atoms with van der Waals surface area (Å²) < 4.78 is 7.33. The lowest BCUT2D eigenvalue weighted by atomic mass is 9.91. The molecule has 0 spiro atoms. The summed E-state index contributed by atoms with van der Waals surface area (Å²) in [6.45, 7) is 5.60. The fraction of sp³-hybridized carbons (Fsp3) is 0.250. The zero-order valence-corrected chi connectivity index (χ0v) is 16.7. The molecule has 8 heteroatoms. The van der Waals surface area contributed by atoms with Gasteiger partial charge in [0.05, 0.1) is 5.56 Å². The molecule has 1 aromatic heterocycles. The first-order chi connectivity index (χ1) is 13.2. The van der Waals surface area contributed by atoms with Crippen molar-refractivity contribution in [3.8, 4) is 16.9 Å². The molecule has 0 bridgehead atoms. The lowest BCUT2D eigenvalue weighted by Crippen LogP contribution is -2.15. The molecular formula is C20H20ClN3O4. The Morgan fingerprint density at radius 2 is 1.96 bits per heavy atom. The van der Waals surface area contributed by atoms with Crippen molar-refractivity contribution in [2.24, 2.45) is 7.05 Å². The van der Waals surface area contributed by atoms with Gasteiger partial charge in [0.1, 0.15) is 12.4 Å². The first-order valence-electron chi connectivity index (χ1n) is 8.57. The normalized spacial score (nSPS) is 10.9. The summed E-state index contributed by atoms with van der Waals surface area (Å²) in [5.41, 5.74) is 3.69. The number of aromatic nitrogens is 3. The monoisotopic (exact) mass is 401 g/mol. The number of nitrogens with zero attached hydrogens (tertiary/aromatic N) is 2. The van der Waals surface area contributed by atoms with Crippen LogP contribution in [0.4, 0.5) is 0 Å². The number of hydrogen-bond acceptors (Lipinski definition) is 4. The molecule has 0 saturated carbocycles. The van der Waals surface area contributed by atoms with Gasteiger partial charge in [0.25, 0.3) is 0 Å². The Bertz CT molecular complexity index is 1130. The third-order valence-electron chi connectivity index (χ3n) is 4.76. The Balaban J connectivity index is 2.13. The van der Waals surface area contributed by atoms with Gasteiger partial charge >= 0.3 is 11.7 Å². The summed E-state index contributed by atoms with van der Waals surface area (Å²) in [6, 6.07) is 6.93. The highest BCUT2D eigenvalue weighted by atomic mass is 35.5. The Labute approximate surface area is 166 Å². The maximum Gasteiger partial charge on any atom is 0.343 e. The van der Waals surface area contributed by atoms with E-state index < -0.39 is 5.97 Å². The number of carboxylic acid groups (broad SMARTS) is 1. The highest BCUT2D eigenvalue weighted by Crippen LogP contribution is 2.39. The summed E-state index contributed by atoms with van der Waals surface area (Å²) in [7, 11) is 1.60. The molecular weight excluding hydrogens is 382 g/mol. The van der Waals surface area contributed by atoms with E-state index in [9.17, 15) is 14.7 Å². The number of halogens is 1. The van der Waals surface area contributed by atoms with Crippen molar-refractivity contribution in [3.05, 3.63) is 67.9 Å². The van der Waals surface area contributed by atoms with E-state index in [-0.39, 0.29) is 17.9 Å². The number of benzene rings is 2. The molecule has 3 aromatic rings. The average Bonchev–Trinajstić information content (AvgIpc) is 2.95. The molecule has 28 heavy (non-hydrogen) atoms. The topological polar surface area (TPSA) is 97.2 Å². The highest BCUT2D eigenvalue weighted by molar-refractivity contribution is 6.31. The number of carboxylic acids is 1. The maximum atomic E-state index is 11.6. The predicted molar refractivity (Wildman–Crippen MR) is 106 cm³/mol. The van der Waals surface area contributed by atoms with E-state index in [1.54, 1.807) is 38.2 Å². The van der Waals surface area contributed by atoms with Crippen LogP contribution in [-0.4, -0.2) is 25.8 Å². The van der Waals surface area contributed by atoms with Crippen LogP contribution in [0.2, 0.25) is 5.02 Å². The van der Waals surface area contributed by atoms with Crippen LogP contribution in [0.3, 0.4) is 0 Å². The van der Waals surface area contributed by atoms with Gasteiger partial charge in [0, 0.05) is 17.6 Å². The number of H-pyrrole nitrogens is 1. The second-order valence-corrected chi connectivity index (χ2v) is 7.03. The zero-order valence-electron chi connectivity index (χ0n) is 16.0. The van der Waals surface area contributed by atoms with Gasteiger partial charge in [-0.2, -0.15) is 5.10 Å². The van der Waals surface area contributed by atoms with Crippen molar-refractivity contribution >= 4 is 17.6 Å². The van der Waals surface area contributed by atoms with E-state index in [4.69, 9.17) is 16.3 Å². The van der Waals surface area contributed by atoms with Crippen LogP contribution in [0.25, 0.3) is 11.1 Å². The second-order valence-electron chi connectivity index (χ2n) is 6.63. The van der Waals surface area contributed by atoms with Crippen LogP contribution in [-0.2, 0) is 13.7 Å². The molecule has 0 unspecified atom stereocenters. The molecule has 7 nitrogen and oxygen atoms in total. The molecule has 1 heterocycles. The molecule has 0 saturated heterocycles. The van der Waals surface area contributed by atoms with Crippen molar-refractivity contribution in [2.45, 2.75) is 27.4 Å². The van der Waals surface area contributed by atoms with Gasteiger partial charge < -0.3 is 9.84 Å². The number of ether oxygens (including phenoxy) is 1. The Morgan fingerprint density at radius 1 is 1.25 bits per heavy atom. The fourth-order valence-corrected chi connectivity index (χ4v) is 3.28.